The van der Waals surface area contributed by atoms with Crippen LogP contribution in [0.4, 0.5) is 5.69 Å². The second kappa shape index (κ2) is 57.0. The number of hydrogen-bond donors (Lipinski definition) is 5. The molecule has 7 saturated heterocycles. The molecule has 7 fully saturated rings. The highest BCUT2D eigenvalue weighted by Gasteiger charge is 2.31. The number of alkyl halides is 1. The number of aromatic amines is 1. The number of nitrogen functional groups attached to an aromatic ring is 1. The quantitative estimate of drug-likeness (QED) is 0.0199. The molecule has 0 saturated carbocycles. The lowest BCUT2D eigenvalue weighted by atomic mass is 9.93. The summed E-state index contributed by atoms with van der Waals surface area (Å²) in [5.74, 6) is 3.03. The number of anilines is 1. The zero-order valence-electron chi connectivity index (χ0n) is 68.9. The van der Waals surface area contributed by atoms with Gasteiger partial charge in [0.25, 0.3) is 0 Å². The number of amides is 8. The number of esters is 2. The number of H-pyrrole nitrogens is 1. The van der Waals surface area contributed by atoms with Gasteiger partial charge in [0.1, 0.15) is 12.1 Å². The van der Waals surface area contributed by atoms with Crippen molar-refractivity contribution in [1.82, 2.24) is 50.0 Å². The number of piperidine rings is 7. The highest BCUT2D eigenvalue weighted by atomic mass is 35.5. The van der Waals surface area contributed by atoms with E-state index < -0.39 is 5.97 Å². The summed E-state index contributed by atoms with van der Waals surface area (Å²) >= 11 is 17.7. The Bertz CT molecular complexity index is 3560. The van der Waals surface area contributed by atoms with E-state index in [9.17, 15) is 57.5 Å². The minimum atomic E-state index is -0.803. The van der Waals surface area contributed by atoms with Crippen LogP contribution in [0, 0.1) is 41.4 Å². The number of fused-ring (bicyclic) bond motifs is 1. The first-order chi connectivity index (χ1) is 54.7. The molecule has 4 aromatic rings. The van der Waals surface area contributed by atoms with E-state index in [4.69, 9.17) is 43.5 Å². The number of carboxylic acid groups (broad SMARTS) is 1. The summed E-state index contributed by atoms with van der Waals surface area (Å²) in [4.78, 5) is 155. The number of aliphatic carboxylic acids is 1. The third-order valence-corrected chi connectivity index (χ3v) is 22.1. The number of carbonyl (C=O) groups excluding carboxylic acids is 11. The molecule has 0 aliphatic carbocycles. The van der Waals surface area contributed by atoms with Crippen molar-refractivity contribution in [2.24, 2.45) is 41.4 Å². The van der Waals surface area contributed by atoms with Crippen LogP contribution in [-0.4, -0.2) is 228 Å². The number of allylic oxidation sites excluding steroid dienone is 1. The molecule has 7 aliphatic heterocycles. The molecular weight excluding hydrogens is 1540 g/mol. The maximum atomic E-state index is 11.9. The van der Waals surface area contributed by atoms with Gasteiger partial charge in [0, 0.05) is 198 Å². The number of para-hydroxylation sites is 2. The summed E-state index contributed by atoms with van der Waals surface area (Å²) in [6, 6.07) is 19.0. The Kier molecular flexibility index (Phi) is 50.0. The average Bonchev–Trinajstić information content (AvgIpc) is 1.68. The Morgan fingerprint density at radius 3 is 1.32 bits per heavy atom. The minimum Gasteiger partial charge on any atom is -0.481 e. The zero-order chi connectivity index (χ0) is 84.5. The Morgan fingerprint density at radius 2 is 0.939 bits per heavy atom. The van der Waals surface area contributed by atoms with Gasteiger partial charge in [0.2, 0.25) is 47.3 Å². The topological polar surface area (TPSA) is 342 Å². The van der Waals surface area contributed by atoms with Gasteiger partial charge in [-0.2, -0.15) is 0 Å². The number of halogens is 3. The Balaban J connectivity index is 0.000000339. The first-order valence-corrected chi connectivity index (χ1v) is 42.9. The van der Waals surface area contributed by atoms with Gasteiger partial charge in [-0.05, 0) is 203 Å². The van der Waals surface area contributed by atoms with Crippen molar-refractivity contribution in [1.29, 1.82) is 0 Å². The maximum absolute atomic E-state index is 11.9. The molecule has 26 nitrogen and oxygen atoms in total. The number of aromatic nitrogens is 2. The van der Waals surface area contributed by atoms with Crippen molar-refractivity contribution in [3.05, 3.63) is 86.8 Å². The van der Waals surface area contributed by atoms with Crippen LogP contribution in [-0.2, 0) is 73.4 Å². The van der Waals surface area contributed by atoms with Crippen molar-refractivity contribution in [2.75, 3.05) is 117 Å². The van der Waals surface area contributed by atoms with Gasteiger partial charge in [0.15, 0.2) is 0 Å². The van der Waals surface area contributed by atoms with E-state index in [-0.39, 0.29) is 83.4 Å². The monoisotopic (exact) mass is 1670 g/mol. The number of aldehydes is 1. The summed E-state index contributed by atoms with van der Waals surface area (Å²) in [5, 5.41) is 14.6. The molecule has 6 N–H and O–H groups in total. The molecule has 114 heavy (non-hydrogen) atoms. The van der Waals surface area contributed by atoms with Crippen LogP contribution in [0.3, 0.4) is 0 Å². The molecular formula is C84H128Cl3N11O15S. The molecule has 636 valence electrons. The minimum absolute atomic E-state index is 0.0350. The van der Waals surface area contributed by atoms with Crippen LogP contribution < -0.4 is 16.4 Å². The van der Waals surface area contributed by atoms with Crippen molar-refractivity contribution >= 4 is 140 Å². The van der Waals surface area contributed by atoms with E-state index in [2.05, 4.69) is 44.4 Å². The van der Waals surface area contributed by atoms with Gasteiger partial charge in [-0.3, -0.25) is 52.7 Å². The molecule has 0 spiro atoms. The number of hydrogen-bond acceptors (Lipinski definition) is 17. The first kappa shape index (κ1) is 100. The summed E-state index contributed by atoms with van der Waals surface area (Å²) in [5.41, 5.74) is 8.20. The Labute approximate surface area is 694 Å². The number of imidazole rings is 1. The third kappa shape index (κ3) is 39.5. The predicted octanol–water partition coefficient (Wildman–Crippen LogP) is 12.8. The molecule has 7 aliphatic rings. The van der Waals surface area contributed by atoms with Gasteiger partial charge in [-0.25, -0.2) is 4.98 Å². The second-order valence-electron chi connectivity index (χ2n) is 28.8. The van der Waals surface area contributed by atoms with Crippen molar-refractivity contribution in [3.63, 3.8) is 0 Å². The largest absolute Gasteiger partial charge is 0.481 e. The summed E-state index contributed by atoms with van der Waals surface area (Å²) in [7, 11) is 1.63. The lowest BCUT2D eigenvalue weighted by Crippen LogP contribution is -2.39. The standard InChI is InChI=1S/C15H19N3O.C14H18ClNOS.C11H19NO3.C10H18N2O2.2C9H15NO3.C9H15NO2.C6H6ClN.CH3Cl/c1-2-18-8-7-11(10-15(18)19)9-14-16-12-5-3-4-6-13(12)17-14;1-2-16-9-8-11(10-14(16)17)4-3-5-12-6-7-13(15)18-12;1-3-12-6-5-9(7-10(12)13)8-11(14)15-4-2;1-3-12-5-4-8(7-10(12)14)6-9(13)11-2;1-2-13-9(12)6-7-3-4-10-8(11)5-7;1-2-10-4-3-7(5-8(10)11)6-9(12)13;1-2-10-5-3-8(4-6-11)7-9(10)12;7-5-1-3-6(8)4-2-5;1-2/h3-6,11H,2,7-10H2,1H3,(H,16,17);3,5-7,11H,2,4,8-10H2,1H3;9H,3-8H2,1-2H3;8H,3-7H2,1-2H3,(H,11,13);7H,2-6H2,1H3,(H,10,11);7H,2-6H2,1H3,(H,12,13);6,8H,2-5,7H2,1H3;1-4H,8H2;1H3/b;5-3+;;;;;;;. The molecule has 0 radical (unpaired) electrons. The van der Waals surface area contributed by atoms with Crippen molar-refractivity contribution in [2.45, 2.75) is 190 Å². The van der Waals surface area contributed by atoms with Gasteiger partial charge in [-0.15, -0.1) is 22.9 Å². The maximum Gasteiger partial charge on any atom is 0.306 e. The van der Waals surface area contributed by atoms with E-state index in [1.165, 1.54) is 11.3 Å². The fourth-order valence-corrected chi connectivity index (χ4v) is 15.2. The smallest absolute Gasteiger partial charge is 0.306 e. The van der Waals surface area contributed by atoms with Crippen LogP contribution >= 0.6 is 46.1 Å². The van der Waals surface area contributed by atoms with Crippen LogP contribution in [0.15, 0.2) is 66.7 Å². The van der Waals surface area contributed by atoms with E-state index in [0.717, 1.165) is 168 Å². The van der Waals surface area contributed by atoms with Crippen LogP contribution in [0.25, 0.3) is 17.1 Å². The van der Waals surface area contributed by atoms with Gasteiger partial charge < -0.3 is 70.1 Å². The number of carbonyl (C=O) groups is 12. The van der Waals surface area contributed by atoms with Gasteiger partial charge in [0.05, 0.1) is 28.6 Å². The molecule has 11 rings (SSSR count). The van der Waals surface area contributed by atoms with Crippen LogP contribution in [0.1, 0.15) is 195 Å². The third-order valence-electron chi connectivity index (χ3n) is 20.7. The summed E-state index contributed by atoms with van der Waals surface area (Å²) in [6.07, 6.45) is 21.0. The SMILES string of the molecule is CCN1CCC(C/C=C/c2ccc(Cl)s2)CC1=O.CCN1CCC(CC(=O)NC)CC1=O.CCN1CCC(CC(=O)O)CC1=O.CCN1CCC(CC=O)CC1=O.CCN1CCC(Cc2nc3ccccc3[nH]2)CC1=O.CCOC(=O)CC1CCN(CC)C(=O)C1.CCOC(=O)CC1CCNC(=O)C1.CCl.Nc1ccc(Cl)cc1. The van der Waals surface area contributed by atoms with Gasteiger partial charge in [-0.1, -0.05) is 41.4 Å². The van der Waals surface area contributed by atoms with E-state index >= 15 is 0 Å². The zero-order valence-corrected chi connectivity index (χ0v) is 72.0. The highest BCUT2D eigenvalue weighted by Crippen LogP contribution is 2.29. The first-order valence-electron chi connectivity index (χ1n) is 40.6. The number of benzene rings is 2. The number of rotatable bonds is 23. The van der Waals surface area contributed by atoms with Crippen molar-refractivity contribution < 1.29 is 72.1 Å². The molecule has 0 bridgehead atoms. The lowest BCUT2D eigenvalue weighted by molar-refractivity contribution is -0.146. The molecule has 9 heterocycles. The van der Waals surface area contributed by atoms with E-state index in [0.29, 0.717) is 121 Å². The Morgan fingerprint density at radius 1 is 0.535 bits per heavy atom. The predicted molar refractivity (Wildman–Crippen MR) is 450 cm³/mol. The number of carboxylic acids is 1. The number of nitrogens with two attached hydrogens (primary N) is 1. The number of nitrogens with zero attached hydrogens (tertiary/aromatic N) is 7. The fraction of sp³-hybridized carbons (Fsp3) is 0.631. The normalized spacial score (nSPS) is 20.7. The van der Waals surface area contributed by atoms with E-state index in [1.807, 2.05) is 102 Å². The number of thiophene rings is 1. The molecule has 30 heteroatoms. The lowest BCUT2D eigenvalue weighted by Gasteiger charge is -2.30. The van der Waals surface area contributed by atoms with E-state index in [1.54, 1.807) is 61.4 Å². The second-order valence-corrected chi connectivity index (χ2v) is 31.0. The van der Waals surface area contributed by atoms with Crippen LogP contribution in [0.5, 0.6) is 0 Å². The molecule has 8 amide bonds. The van der Waals surface area contributed by atoms with Crippen molar-refractivity contribution in [3.8, 4) is 0 Å². The average molecular weight is 1670 g/mol. The fourth-order valence-electron chi connectivity index (χ4n) is 14.1. The Hall–Kier alpha value is -8.14. The number of ether oxygens (including phenoxy) is 2. The molecule has 7 unspecified atom stereocenters. The number of nitrogens with one attached hydrogen (secondary N) is 3. The molecule has 2 aromatic heterocycles. The summed E-state index contributed by atoms with van der Waals surface area (Å²) < 4.78 is 10.5. The summed E-state index contributed by atoms with van der Waals surface area (Å²) in [6.45, 7) is 26.7. The molecule has 2 aromatic carbocycles. The number of likely N-dealkylation sites (tertiary alicyclic amines) is 6. The highest BCUT2D eigenvalue weighted by molar-refractivity contribution is 7.17. The van der Waals surface area contributed by atoms with Crippen LogP contribution in [0.2, 0.25) is 9.36 Å². The molecule has 7 atom stereocenters. The van der Waals surface area contributed by atoms with Gasteiger partial charge >= 0.3 is 17.9 Å².